The standard InChI is InChI=1S/C3H2O3.CH3.V/c4-3-5-1-2-6-3;;/h1-2H;1H3;/q;-1;. The van der Waals surface area contributed by atoms with Crippen LogP contribution in [0.4, 0.5) is 0 Å². The molecule has 0 aliphatic heterocycles. The van der Waals surface area contributed by atoms with Gasteiger partial charge in [-0.1, -0.05) is 0 Å². The number of rotatable bonds is 0. The minimum atomic E-state index is -0.657. The van der Waals surface area contributed by atoms with Crippen LogP contribution in [-0.4, -0.2) is 0 Å². The van der Waals surface area contributed by atoms with Crippen LogP contribution < -0.4 is 5.82 Å². The van der Waals surface area contributed by atoms with Crippen LogP contribution in [0.2, 0.25) is 0 Å². The van der Waals surface area contributed by atoms with Crippen molar-refractivity contribution in [3.8, 4) is 0 Å². The van der Waals surface area contributed by atoms with Crippen molar-refractivity contribution in [3.05, 3.63) is 30.6 Å². The molecule has 0 spiro atoms. The molecule has 0 bridgehead atoms. The van der Waals surface area contributed by atoms with E-state index in [1.165, 1.54) is 12.5 Å². The summed E-state index contributed by atoms with van der Waals surface area (Å²) in [5.41, 5.74) is 0. The molecule has 1 heterocycles. The summed E-state index contributed by atoms with van der Waals surface area (Å²) in [5.74, 6) is -0.657. The first-order valence-corrected chi connectivity index (χ1v) is 1.42. The Morgan fingerprint density at radius 1 is 1.25 bits per heavy atom. The number of hydrogen-bond acceptors (Lipinski definition) is 3. The van der Waals surface area contributed by atoms with E-state index in [4.69, 9.17) is 0 Å². The van der Waals surface area contributed by atoms with Gasteiger partial charge in [0.25, 0.3) is 0 Å². The van der Waals surface area contributed by atoms with E-state index in [1.807, 2.05) is 0 Å². The second-order valence-corrected chi connectivity index (χ2v) is 0.758. The summed E-state index contributed by atoms with van der Waals surface area (Å²) in [6.07, 6.45) is 2.37. The SMILES string of the molecule is O=c1occo1.[CH3-].[V]. The third kappa shape index (κ3) is 2.72. The topological polar surface area (TPSA) is 43.4 Å². The Morgan fingerprint density at radius 3 is 1.75 bits per heavy atom. The molecule has 0 N–H and O–H groups in total. The fourth-order valence-corrected chi connectivity index (χ4v) is 0.194. The molecule has 0 amide bonds. The van der Waals surface area contributed by atoms with E-state index in [0.29, 0.717) is 0 Å². The van der Waals surface area contributed by atoms with Crippen molar-refractivity contribution in [2.24, 2.45) is 0 Å². The molecule has 0 saturated heterocycles. The molecular weight excluding hydrogens is 147 g/mol. The van der Waals surface area contributed by atoms with Crippen molar-refractivity contribution in [3.63, 3.8) is 0 Å². The Balaban J connectivity index is 0. The van der Waals surface area contributed by atoms with Crippen molar-refractivity contribution < 1.29 is 27.4 Å². The average Bonchev–Trinajstić information content (AvgIpc) is 1.86. The molecule has 0 aliphatic carbocycles. The fraction of sp³-hybridized carbons (Fsp3) is 0. The third-order valence-electron chi connectivity index (χ3n) is 0.384. The zero-order valence-corrected chi connectivity index (χ0v) is 5.72. The quantitative estimate of drug-likeness (QED) is 0.513. The van der Waals surface area contributed by atoms with Gasteiger partial charge in [0.05, 0.1) is 0 Å². The summed E-state index contributed by atoms with van der Waals surface area (Å²) in [6, 6.07) is 0. The first kappa shape index (κ1) is 10.6. The van der Waals surface area contributed by atoms with Crippen molar-refractivity contribution in [1.29, 1.82) is 0 Å². The molecule has 0 aliphatic rings. The van der Waals surface area contributed by atoms with Gasteiger partial charge in [-0.3, -0.25) is 0 Å². The molecule has 1 aromatic rings. The molecule has 1 radical (unpaired) electrons. The Labute approximate surface area is 58.6 Å². The van der Waals surface area contributed by atoms with Gasteiger partial charge in [-0.2, -0.15) is 0 Å². The summed E-state index contributed by atoms with van der Waals surface area (Å²) in [6.45, 7) is 0. The van der Waals surface area contributed by atoms with Crippen molar-refractivity contribution >= 4 is 0 Å². The predicted octanol–water partition coefficient (Wildman–Crippen LogP) is 0.681. The first-order valence-electron chi connectivity index (χ1n) is 1.42. The van der Waals surface area contributed by atoms with Crippen LogP contribution in [0.5, 0.6) is 0 Å². The zero-order chi connectivity index (χ0) is 4.41. The molecule has 0 fully saturated rings. The van der Waals surface area contributed by atoms with Gasteiger partial charge in [0, 0.05) is 18.6 Å². The monoisotopic (exact) mass is 152 g/mol. The predicted molar refractivity (Wildman–Crippen MR) is 23.7 cm³/mol. The van der Waals surface area contributed by atoms with E-state index in [2.05, 4.69) is 8.83 Å². The van der Waals surface area contributed by atoms with Crippen LogP contribution >= 0.6 is 0 Å². The summed E-state index contributed by atoms with van der Waals surface area (Å²) >= 11 is 0. The third-order valence-corrected chi connectivity index (χ3v) is 0.384. The fourth-order valence-electron chi connectivity index (χ4n) is 0.194. The Morgan fingerprint density at radius 2 is 1.62 bits per heavy atom. The van der Waals surface area contributed by atoms with Crippen LogP contribution in [0.1, 0.15) is 0 Å². The maximum absolute atomic E-state index is 9.74. The maximum atomic E-state index is 9.74. The average molecular weight is 152 g/mol. The molecule has 45 valence electrons. The second-order valence-electron chi connectivity index (χ2n) is 0.758. The van der Waals surface area contributed by atoms with Crippen molar-refractivity contribution in [2.75, 3.05) is 0 Å². The van der Waals surface area contributed by atoms with Crippen LogP contribution in [0.25, 0.3) is 0 Å². The molecule has 3 nitrogen and oxygen atoms in total. The van der Waals surface area contributed by atoms with Gasteiger partial charge < -0.3 is 16.3 Å². The molecule has 0 atom stereocenters. The molecule has 0 saturated carbocycles. The smallest absolute Gasteiger partial charge is 0.399 e. The molecule has 1 rings (SSSR count). The summed E-state index contributed by atoms with van der Waals surface area (Å²) in [5, 5.41) is 0. The second kappa shape index (κ2) is 4.75. The van der Waals surface area contributed by atoms with Gasteiger partial charge in [0.15, 0.2) is 0 Å². The Bertz CT molecular complexity index is 149. The normalized spacial score (nSPS) is 6.50. The van der Waals surface area contributed by atoms with Crippen molar-refractivity contribution in [2.45, 2.75) is 0 Å². The van der Waals surface area contributed by atoms with Crippen LogP contribution in [-0.2, 0) is 18.6 Å². The largest absolute Gasteiger partial charge is 0.518 e. The molecule has 4 heteroatoms. The van der Waals surface area contributed by atoms with Gasteiger partial charge in [-0.05, 0) is 0 Å². The van der Waals surface area contributed by atoms with E-state index < -0.39 is 5.82 Å². The summed E-state index contributed by atoms with van der Waals surface area (Å²) in [7, 11) is 0. The van der Waals surface area contributed by atoms with Gasteiger partial charge in [0.1, 0.15) is 12.5 Å². The summed E-state index contributed by atoms with van der Waals surface area (Å²) in [4.78, 5) is 9.74. The van der Waals surface area contributed by atoms with Crippen LogP contribution in [0.3, 0.4) is 0 Å². The zero-order valence-electron chi connectivity index (χ0n) is 4.33. The first-order chi connectivity index (χ1) is 2.89. The molecular formula is C4H5O3V-. The molecule has 0 unspecified atom stereocenters. The van der Waals surface area contributed by atoms with E-state index in [9.17, 15) is 4.79 Å². The maximum Gasteiger partial charge on any atom is 0.518 e. The van der Waals surface area contributed by atoms with Crippen LogP contribution in [0, 0.1) is 7.43 Å². The van der Waals surface area contributed by atoms with Gasteiger partial charge >= 0.3 is 5.82 Å². The van der Waals surface area contributed by atoms with E-state index in [1.54, 1.807) is 0 Å². The van der Waals surface area contributed by atoms with Crippen molar-refractivity contribution in [1.82, 2.24) is 0 Å². The van der Waals surface area contributed by atoms with Gasteiger partial charge in [-0.25, -0.2) is 4.79 Å². The Kier molecular flexibility index (Phi) is 6.26. The Hall–Kier alpha value is -0.406. The van der Waals surface area contributed by atoms with Gasteiger partial charge in [0.2, 0.25) is 0 Å². The summed E-state index contributed by atoms with van der Waals surface area (Å²) < 4.78 is 8.22. The minimum absolute atomic E-state index is 0. The number of hydrogen-bond donors (Lipinski definition) is 0. The molecule has 8 heavy (non-hydrogen) atoms. The van der Waals surface area contributed by atoms with E-state index in [0.717, 1.165) is 0 Å². The van der Waals surface area contributed by atoms with Gasteiger partial charge in [-0.15, -0.1) is 0 Å². The van der Waals surface area contributed by atoms with Crippen LogP contribution in [0.15, 0.2) is 26.2 Å². The molecule has 0 aromatic carbocycles. The van der Waals surface area contributed by atoms with E-state index >= 15 is 0 Å². The minimum Gasteiger partial charge on any atom is -0.399 e. The molecule has 1 aromatic heterocycles. The van der Waals surface area contributed by atoms with E-state index in [-0.39, 0.29) is 26.0 Å².